The van der Waals surface area contributed by atoms with Gasteiger partial charge in [0.25, 0.3) is 0 Å². The topological polar surface area (TPSA) is 78.3 Å². The van der Waals surface area contributed by atoms with Crippen molar-refractivity contribution >= 4 is 5.97 Å². The molecule has 0 amide bonds. The van der Waals surface area contributed by atoms with Gasteiger partial charge in [-0.25, -0.2) is 4.79 Å². The van der Waals surface area contributed by atoms with E-state index >= 15 is 0 Å². The summed E-state index contributed by atoms with van der Waals surface area (Å²) in [6.45, 7) is 6.71. The first-order valence-corrected chi connectivity index (χ1v) is 3.23. The zero-order chi connectivity index (χ0) is 8.85. The van der Waals surface area contributed by atoms with Crippen molar-refractivity contribution in [2.75, 3.05) is 0 Å². The number of carbonyl (C=O) groups is 1. The van der Waals surface area contributed by atoms with Crippen LogP contribution in [0, 0.1) is 6.92 Å². The minimum atomic E-state index is -0.687. The van der Waals surface area contributed by atoms with Crippen LogP contribution in [-0.4, -0.2) is 18.2 Å². The van der Waals surface area contributed by atoms with Gasteiger partial charge in [-0.2, -0.15) is 0 Å². The molecule has 0 aromatic heterocycles. The third-order valence-corrected chi connectivity index (χ3v) is 0.969. The van der Waals surface area contributed by atoms with Crippen molar-refractivity contribution in [3.63, 3.8) is 0 Å². The summed E-state index contributed by atoms with van der Waals surface area (Å²) in [5.74, 6) is -0.543. The fourth-order valence-corrected chi connectivity index (χ4v) is 0.544. The minimum Gasteiger partial charge on any atom is -0.444 e. The largest absolute Gasteiger partial charge is 0.444 e. The highest BCUT2D eigenvalue weighted by molar-refractivity contribution is 5.81. The lowest BCUT2D eigenvalue weighted by Gasteiger charge is -2.13. The number of esters is 1. The Hall–Kier alpha value is -0.870. The molecule has 4 N–H and O–H groups in total. The first-order chi connectivity index (χ1) is 5.06. The molecule has 0 saturated carbocycles. The van der Waals surface area contributed by atoms with E-state index in [1.165, 1.54) is 0 Å². The standard InChI is InChI=1S/C7H13N2O2/c1-3-7(10)11-6(9)4-5(2)8/h3,5-6H,1-2,4,8-9H2. The summed E-state index contributed by atoms with van der Waals surface area (Å²) in [7, 11) is 0. The van der Waals surface area contributed by atoms with Gasteiger partial charge in [-0.1, -0.05) is 6.58 Å². The zero-order valence-electron chi connectivity index (χ0n) is 6.32. The second-order valence-corrected chi connectivity index (χ2v) is 2.18. The Balaban J connectivity index is 3.59. The monoisotopic (exact) mass is 157 g/mol. The summed E-state index contributed by atoms with van der Waals surface area (Å²) in [5, 5.41) is 0. The molecule has 4 heteroatoms. The van der Waals surface area contributed by atoms with Crippen molar-refractivity contribution in [1.82, 2.24) is 0 Å². The van der Waals surface area contributed by atoms with Crippen LogP contribution in [-0.2, 0) is 9.53 Å². The first-order valence-electron chi connectivity index (χ1n) is 3.23. The van der Waals surface area contributed by atoms with Gasteiger partial charge in [0.15, 0.2) is 6.23 Å². The van der Waals surface area contributed by atoms with Crippen LogP contribution in [0.4, 0.5) is 0 Å². The van der Waals surface area contributed by atoms with E-state index in [1.807, 2.05) is 0 Å². The Bertz CT molecular complexity index is 145. The molecule has 0 heterocycles. The van der Waals surface area contributed by atoms with Crippen molar-refractivity contribution in [3.8, 4) is 0 Å². The van der Waals surface area contributed by atoms with Crippen molar-refractivity contribution in [1.29, 1.82) is 0 Å². The van der Waals surface area contributed by atoms with Crippen LogP contribution in [0.3, 0.4) is 0 Å². The lowest BCUT2D eigenvalue weighted by molar-refractivity contribution is -0.143. The molecule has 0 aromatic rings. The second kappa shape index (κ2) is 4.87. The fourth-order valence-electron chi connectivity index (χ4n) is 0.544. The lowest BCUT2D eigenvalue weighted by atomic mass is 10.2. The van der Waals surface area contributed by atoms with Gasteiger partial charge in [-0.05, 0) is 6.92 Å². The van der Waals surface area contributed by atoms with Crippen LogP contribution in [0.1, 0.15) is 6.42 Å². The Morgan fingerprint density at radius 1 is 1.64 bits per heavy atom. The van der Waals surface area contributed by atoms with Gasteiger partial charge in [0.2, 0.25) is 0 Å². The van der Waals surface area contributed by atoms with Gasteiger partial charge in [-0.3, -0.25) is 5.73 Å². The summed E-state index contributed by atoms with van der Waals surface area (Å²) in [6.07, 6.45) is 0.710. The van der Waals surface area contributed by atoms with Crippen molar-refractivity contribution < 1.29 is 9.53 Å². The van der Waals surface area contributed by atoms with Crippen LogP contribution in [0.2, 0.25) is 0 Å². The number of carbonyl (C=O) groups excluding carboxylic acids is 1. The summed E-state index contributed by atoms with van der Waals surface area (Å²) in [4.78, 5) is 10.5. The SMILES string of the molecule is [CH2]C(N)CC(N)OC(=O)C=C. The molecular weight excluding hydrogens is 144 g/mol. The number of ether oxygens (including phenoxy) is 1. The molecule has 4 nitrogen and oxygen atoms in total. The molecule has 1 radical (unpaired) electrons. The van der Waals surface area contributed by atoms with Crippen LogP contribution in [0.25, 0.3) is 0 Å². The van der Waals surface area contributed by atoms with Gasteiger partial charge in [0.05, 0.1) is 0 Å². The quantitative estimate of drug-likeness (QED) is 0.329. The van der Waals surface area contributed by atoms with E-state index in [4.69, 9.17) is 11.5 Å². The fraction of sp³-hybridized carbons (Fsp3) is 0.429. The molecule has 0 rings (SSSR count). The maximum Gasteiger partial charge on any atom is 0.331 e. The number of nitrogens with two attached hydrogens (primary N) is 2. The average Bonchev–Trinajstić information content (AvgIpc) is 1.85. The van der Waals surface area contributed by atoms with Gasteiger partial charge in [0, 0.05) is 18.5 Å². The Labute approximate surface area is 66.2 Å². The van der Waals surface area contributed by atoms with E-state index in [0.717, 1.165) is 6.08 Å². The third-order valence-electron chi connectivity index (χ3n) is 0.969. The second-order valence-electron chi connectivity index (χ2n) is 2.18. The zero-order valence-corrected chi connectivity index (χ0v) is 6.32. The molecule has 0 fully saturated rings. The van der Waals surface area contributed by atoms with E-state index in [0.29, 0.717) is 6.42 Å². The molecule has 2 unspecified atom stereocenters. The van der Waals surface area contributed by atoms with Crippen molar-refractivity contribution in [3.05, 3.63) is 19.6 Å². The van der Waals surface area contributed by atoms with Crippen LogP contribution in [0.15, 0.2) is 12.7 Å². The van der Waals surface area contributed by atoms with E-state index in [2.05, 4.69) is 18.2 Å². The smallest absolute Gasteiger partial charge is 0.331 e. The predicted molar refractivity (Wildman–Crippen MR) is 42.2 cm³/mol. The molecule has 11 heavy (non-hydrogen) atoms. The highest BCUT2D eigenvalue weighted by Gasteiger charge is 2.08. The Morgan fingerprint density at radius 3 is 2.55 bits per heavy atom. The van der Waals surface area contributed by atoms with Crippen LogP contribution < -0.4 is 11.5 Å². The van der Waals surface area contributed by atoms with Crippen LogP contribution in [0.5, 0.6) is 0 Å². The third kappa shape index (κ3) is 5.57. The first kappa shape index (κ1) is 10.1. The molecule has 0 aliphatic heterocycles. The van der Waals surface area contributed by atoms with Gasteiger partial charge < -0.3 is 10.5 Å². The molecule has 0 aliphatic rings. The van der Waals surface area contributed by atoms with E-state index < -0.39 is 12.2 Å². The summed E-state index contributed by atoms with van der Waals surface area (Å²) in [6, 6.07) is -0.317. The summed E-state index contributed by atoms with van der Waals surface area (Å²) >= 11 is 0. The van der Waals surface area contributed by atoms with Gasteiger partial charge in [0.1, 0.15) is 0 Å². The molecule has 0 saturated heterocycles. The molecular formula is C7H13N2O2. The average molecular weight is 157 g/mol. The molecule has 0 aliphatic carbocycles. The van der Waals surface area contributed by atoms with E-state index in [9.17, 15) is 4.79 Å². The van der Waals surface area contributed by atoms with Crippen molar-refractivity contribution in [2.45, 2.75) is 18.7 Å². The summed E-state index contributed by atoms with van der Waals surface area (Å²) < 4.78 is 4.61. The predicted octanol–water partition coefficient (Wildman–Crippen LogP) is -0.448. The number of hydrogen-bond donors (Lipinski definition) is 2. The number of rotatable bonds is 4. The molecule has 2 atom stereocenters. The highest BCUT2D eigenvalue weighted by atomic mass is 16.6. The normalized spacial score (nSPS) is 15.2. The van der Waals surface area contributed by atoms with Crippen molar-refractivity contribution in [2.24, 2.45) is 11.5 Å². The Kier molecular flexibility index (Phi) is 4.49. The Morgan fingerprint density at radius 2 is 2.18 bits per heavy atom. The van der Waals surface area contributed by atoms with E-state index in [1.54, 1.807) is 0 Å². The maximum absolute atomic E-state index is 10.5. The molecule has 0 bridgehead atoms. The molecule has 0 aromatic carbocycles. The maximum atomic E-state index is 10.5. The lowest BCUT2D eigenvalue weighted by Crippen LogP contribution is -2.33. The van der Waals surface area contributed by atoms with Crippen LogP contribution >= 0.6 is 0 Å². The molecule has 0 spiro atoms. The highest BCUT2D eigenvalue weighted by Crippen LogP contribution is 1.94. The van der Waals surface area contributed by atoms with Gasteiger partial charge in [-0.15, -0.1) is 0 Å². The molecule has 63 valence electrons. The van der Waals surface area contributed by atoms with E-state index in [-0.39, 0.29) is 6.04 Å². The minimum absolute atomic E-state index is 0.317. The number of hydrogen-bond acceptors (Lipinski definition) is 4. The summed E-state index contributed by atoms with van der Waals surface area (Å²) in [5.41, 5.74) is 10.6. The van der Waals surface area contributed by atoms with Gasteiger partial charge >= 0.3 is 5.97 Å².